The summed E-state index contributed by atoms with van der Waals surface area (Å²) in [6.45, 7) is 0. The number of anilines is 1. The molecule has 0 saturated carbocycles. The second-order valence-electron chi connectivity index (χ2n) is 6.12. The summed E-state index contributed by atoms with van der Waals surface area (Å²) in [7, 11) is 0. The Morgan fingerprint density at radius 1 is 0.933 bits per heavy atom. The fraction of sp³-hybridized carbons (Fsp3) is 0. The minimum atomic E-state index is -0.717. The third-order valence-electron chi connectivity index (χ3n) is 4.08. The first-order valence-electron chi connectivity index (χ1n) is 8.73. The number of nitro benzene ring substituents is 2. The van der Waals surface area contributed by atoms with Gasteiger partial charge in [0.1, 0.15) is 11.4 Å². The summed E-state index contributed by atoms with van der Waals surface area (Å²) >= 11 is 0. The molecule has 0 spiro atoms. The highest BCUT2D eigenvalue weighted by Crippen LogP contribution is 2.29. The number of nitrogens with one attached hydrogen (secondary N) is 1. The smallest absolute Gasteiger partial charge is 0.301 e. The van der Waals surface area contributed by atoms with Crippen LogP contribution in [-0.4, -0.2) is 20.7 Å². The van der Waals surface area contributed by atoms with Gasteiger partial charge in [-0.25, -0.2) is 0 Å². The maximum absolute atomic E-state index is 11.3. The number of rotatable bonds is 7. The quantitative estimate of drug-likeness (QED) is 0.332. The Bertz CT molecular complexity index is 1130. The molecule has 0 bridgehead atoms. The van der Waals surface area contributed by atoms with Crippen molar-refractivity contribution < 1.29 is 15.0 Å². The molecule has 0 fully saturated rings. The van der Waals surface area contributed by atoms with Gasteiger partial charge in [0.15, 0.2) is 0 Å². The van der Waals surface area contributed by atoms with Gasteiger partial charge in [0.2, 0.25) is 0 Å². The number of benzene rings is 3. The van der Waals surface area contributed by atoms with Crippen molar-refractivity contribution in [3.8, 4) is 5.75 Å². The zero-order chi connectivity index (χ0) is 21.5. The lowest BCUT2D eigenvalue weighted by Gasteiger charge is -2.06. The monoisotopic (exact) mass is 404 g/mol. The number of phenols is 1. The maximum Gasteiger partial charge on any atom is 0.301 e. The predicted molar refractivity (Wildman–Crippen MR) is 113 cm³/mol. The topological polar surface area (TPSA) is 131 Å². The van der Waals surface area contributed by atoms with Crippen molar-refractivity contribution in [3.63, 3.8) is 0 Å². The largest absolute Gasteiger partial charge is 0.508 e. The van der Waals surface area contributed by atoms with Crippen LogP contribution in [0.5, 0.6) is 5.75 Å². The SMILES string of the molecule is O=[N+]([O-])c1ccc(NN=C(C=Cc2ccccc2)c2ccc(O)cc2)c([N+](=O)[O-])c1. The highest BCUT2D eigenvalue weighted by molar-refractivity contribution is 6.11. The van der Waals surface area contributed by atoms with Crippen molar-refractivity contribution in [2.45, 2.75) is 0 Å². The molecule has 3 rings (SSSR count). The summed E-state index contributed by atoms with van der Waals surface area (Å²) in [5.74, 6) is 0.0871. The number of hydrazone groups is 1. The summed E-state index contributed by atoms with van der Waals surface area (Å²) in [6.07, 6.45) is 3.53. The van der Waals surface area contributed by atoms with Crippen LogP contribution >= 0.6 is 0 Å². The van der Waals surface area contributed by atoms with Crippen molar-refractivity contribution in [1.29, 1.82) is 0 Å². The zero-order valence-electron chi connectivity index (χ0n) is 15.5. The van der Waals surface area contributed by atoms with Crippen LogP contribution in [-0.2, 0) is 0 Å². The van der Waals surface area contributed by atoms with Crippen LogP contribution < -0.4 is 5.43 Å². The molecule has 0 atom stereocenters. The third-order valence-corrected chi connectivity index (χ3v) is 4.08. The zero-order valence-corrected chi connectivity index (χ0v) is 15.5. The lowest BCUT2D eigenvalue weighted by molar-refractivity contribution is -0.393. The van der Waals surface area contributed by atoms with Crippen molar-refractivity contribution in [2.75, 3.05) is 5.43 Å². The lowest BCUT2D eigenvalue weighted by Crippen LogP contribution is -2.03. The van der Waals surface area contributed by atoms with Gasteiger partial charge in [-0.3, -0.25) is 25.7 Å². The van der Waals surface area contributed by atoms with E-state index in [0.29, 0.717) is 11.3 Å². The molecule has 150 valence electrons. The number of allylic oxidation sites excluding steroid dienone is 1. The Morgan fingerprint density at radius 2 is 1.63 bits per heavy atom. The Kier molecular flexibility index (Phi) is 6.14. The molecule has 0 unspecified atom stereocenters. The number of hydrogen-bond donors (Lipinski definition) is 2. The first-order valence-corrected chi connectivity index (χ1v) is 8.73. The molecule has 0 aliphatic carbocycles. The highest BCUT2D eigenvalue weighted by atomic mass is 16.6. The van der Waals surface area contributed by atoms with E-state index in [0.717, 1.165) is 17.7 Å². The molecular weight excluding hydrogens is 388 g/mol. The highest BCUT2D eigenvalue weighted by Gasteiger charge is 2.19. The fourth-order valence-corrected chi connectivity index (χ4v) is 2.57. The minimum Gasteiger partial charge on any atom is -0.508 e. The van der Waals surface area contributed by atoms with E-state index in [1.54, 1.807) is 18.2 Å². The number of nitrogens with zero attached hydrogens (tertiary/aromatic N) is 3. The molecule has 3 aromatic carbocycles. The number of aromatic hydroxyl groups is 1. The lowest BCUT2D eigenvalue weighted by atomic mass is 10.1. The summed E-state index contributed by atoms with van der Waals surface area (Å²) in [5.41, 5.74) is 3.78. The van der Waals surface area contributed by atoms with Crippen LogP contribution in [0.4, 0.5) is 17.1 Å². The van der Waals surface area contributed by atoms with E-state index in [2.05, 4.69) is 10.5 Å². The summed E-state index contributed by atoms with van der Waals surface area (Å²) < 4.78 is 0. The van der Waals surface area contributed by atoms with Crippen LogP contribution in [0.25, 0.3) is 6.08 Å². The third kappa shape index (κ3) is 5.04. The number of non-ortho nitro benzene ring substituents is 1. The molecule has 0 radical (unpaired) electrons. The van der Waals surface area contributed by atoms with Crippen LogP contribution in [0.1, 0.15) is 11.1 Å². The van der Waals surface area contributed by atoms with E-state index in [9.17, 15) is 25.3 Å². The van der Waals surface area contributed by atoms with Crippen molar-refractivity contribution in [2.24, 2.45) is 5.10 Å². The number of phenolic OH excluding ortho intramolecular Hbond substituents is 1. The van der Waals surface area contributed by atoms with Crippen LogP contribution in [0.2, 0.25) is 0 Å². The summed E-state index contributed by atoms with van der Waals surface area (Å²) in [6, 6.07) is 19.0. The van der Waals surface area contributed by atoms with Gasteiger partial charge in [0.25, 0.3) is 5.69 Å². The van der Waals surface area contributed by atoms with Gasteiger partial charge in [-0.1, -0.05) is 36.4 Å². The van der Waals surface area contributed by atoms with Crippen LogP contribution in [0.15, 0.2) is 84.0 Å². The van der Waals surface area contributed by atoms with Gasteiger partial charge in [-0.15, -0.1) is 0 Å². The molecule has 0 aromatic heterocycles. The molecule has 9 heteroatoms. The van der Waals surface area contributed by atoms with Crippen molar-refractivity contribution in [1.82, 2.24) is 0 Å². The van der Waals surface area contributed by atoms with E-state index < -0.39 is 15.5 Å². The predicted octanol–water partition coefficient (Wildman–Crippen LogP) is 4.74. The molecule has 30 heavy (non-hydrogen) atoms. The summed E-state index contributed by atoms with van der Waals surface area (Å²) in [4.78, 5) is 20.8. The van der Waals surface area contributed by atoms with Crippen LogP contribution in [0.3, 0.4) is 0 Å². The minimum absolute atomic E-state index is 0.00925. The summed E-state index contributed by atoms with van der Waals surface area (Å²) in [5, 5.41) is 36.0. The molecular formula is C21H16N4O5. The van der Waals surface area contributed by atoms with Gasteiger partial charge < -0.3 is 5.11 Å². The number of nitro groups is 2. The Morgan fingerprint density at radius 3 is 2.27 bits per heavy atom. The van der Waals surface area contributed by atoms with Gasteiger partial charge in [0.05, 0.1) is 21.6 Å². The Balaban J connectivity index is 1.97. The molecule has 3 aromatic rings. The molecule has 0 heterocycles. The standard InChI is InChI=1S/C21H16N4O5/c26-18-10-7-16(8-11-18)19(12-6-15-4-2-1-3-5-15)22-23-20-13-9-17(24(27)28)14-21(20)25(29)30/h1-14,23,26H. The van der Waals surface area contributed by atoms with Gasteiger partial charge in [-0.2, -0.15) is 5.10 Å². The van der Waals surface area contributed by atoms with E-state index in [4.69, 9.17) is 0 Å². The van der Waals surface area contributed by atoms with E-state index >= 15 is 0 Å². The molecule has 0 amide bonds. The van der Waals surface area contributed by atoms with Gasteiger partial charge >= 0.3 is 5.69 Å². The normalized spacial score (nSPS) is 11.4. The maximum atomic E-state index is 11.3. The fourth-order valence-electron chi connectivity index (χ4n) is 2.57. The van der Waals surface area contributed by atoms with Crippen LogP contribution in [0, 0.1) is 20.2 Å². The molecule has 9 nitrogen and oxygen atoms in total. The second-order valence-corrected chi connectivity index (χ2v) is 6.12. The second kappa shape index (κ2) is 9.11. The average molecular weight is 404 g/mol. The van der Waals surface area contributed by atoms with Crippen molar-refractivity contribution in [3.05, 3.63) is 110 Å². The van der Waals surface area contributed by atoms with Gasteiger partial charge in [0, 0.05) is 11.6 Å². The van der Waals surface area contributed by atoms with E-state index in [1.807, 2.05) is 36.4 Å². The Hall–Kier alpha value is -4.53. The molecule has 0 aliphatic heterocycles. The average Bonchev–Trinajstić information content (AvgIpc) is 2.75. The first kappa shape index (κ1) is 20.2. The molecule has 2 N–H and O–H groups in total. The van der Waals surface area contributed by atoms with Gasteiger partial charge in [-0.05, 0) is 42.0 Å². The van der Waals surface area contributed by atoms with E-state index in [-0.39, 0.29) is 17.1 Å². The first-order chi connectivity index (χ1) is 14.4. The Labute approximate surface area is 170 Å². The van der Waals surface area contributed by atoms with Crippen molar-refractivity contribution >= 4 is 28.8 Å². The molecule has 0 saturated heterocycles. The molecule has 0 aliphatic rings. The number of hydrogen-bond acceptors (Lipinski definition) is 7. The van der Waals surface area contributed by atoms with E-state index in [1.165, 1.54) is 18.2 Å².